The molecule has 104 valence electrons. The van der Waals surface area contributed by atoms with Gasteiger partial charge in [0.1, 0.15) is 0 Å². The van der Waals surface area contributed by atoms with Crippen molar-refractivity contribution in [2.75, 3.05) is 11.9 Å². The highest BCUT2D eigenvalue weighted by molar-refractivity contribution is 9.10. The summed E-state index contributed by atoms with van der Waals surface area (Å²) in [5.74, 6) is 0.0867. The molecule has 0 saturated carbocycles. The van der Waals surface area contributed by atoms with E-state index in [2.05, 4.69) is 52.0 Å². The topological polar surface area (TPSA) is 20.3 Å². The van der Waals surface area contributed by atoms with E-state index in [9.17, 15) is 4.79 Å². The molecule has 0 aromatic heterocycles. The van der Waals surface area contributed by atoms with Gasteiger partial charge in [0.15, 0.2) is 5.78 Å². The average Bonchev–Trinajstić information content (AvgIpc) is 2.38. The lowest BCUT2D eigenvalue weighted by atomic mass is 10.1. The second-order valence-electron chi connectivity index (χ2n) is 5.06. The fourth-order valence-electron chi connectivity index (χ4n) is 2.29. The maximum atomic E-state index is 11.7. The molecule has 0 fully saturated rings. The molecule has 0 unspecified atom stereocenters. The van der Waals surface area contributed by atoms with Crippen LogP contribution in [-0.2, 0) is 6.54 Å². The van der Waals surface area contributed by atoms with Crippen LogP contribution < -0.4 is 4.90 Å². The van der Waals surface area contributed by atoms with E-state index in [0.717, 1.165) is 22.3 Å². The van der Waals surface area contributed by atoms with Crippen LogP contribution in [-0.4, -0.2) is 12.8 Å². The predicted octanol–water partition coefficient (Wildman–Crippen LogP) is 4.60. The number of halogens is 1. The molecular weight excluding hydrogens is 314 g/mol. The molecule has 0 spiro atoms. The van der Waals surface area contributed by atoms with Crippen molar-refractivity contribution in [2.45, 2.75) is 20.4 Å². The number of carbonyl (C=O) groups excluding carboxylic acids is 1. The van der Waals surface area contributed by atoms with Gasteiger partial charge in [-0.15, -0.1) is 0 Å². The molecule has 0 aliphatic rings. The number of benzene rings is 2. The highest BCUT2D eigenvalue weighted by Gasteiger charge is 2.12. The number of hydrogen-bond acceptors (Lipinski definition) is 2. The molecule has 0 radical (unpaired) electrons. The van der Waals surface area contributed by atoms with Gasteiger partial charge in [0, 0.05) is 29.3 Å². The molecule has 2 rings (SSSR count). The van der Waals surface area contributed by atoms with Crippen molar-refractivity contribution in [1.82, 2.24) is 0 Å². The van der Waals surface area contributed by atoms with Crippen molar-refractivity contribution < 1.29 is 4.79 Å². The zero-order valence-corrected chi connectivity index (χ0v) is 13.6. The van der Waals surface area contributed by atoms with Crippen molar-refractivity contribution in [3.05, 3.63) is 63.6 Å². The van der Waals surface area contributed by atoms with E-state index in [0.29, 0.717) is 0 Å². The van der Waals surface area contributed by atoms with Crippen molar-refractivity contribution in [3.63, 3.8) is 0 Å². The molecule has 20 heavy (non-hydrogen) atoms. The number of Topliss-reactive ketones (excluding diaryl/α,β-unsaturated/α-hetero) is 1. The first-order chi connectivity index (χ1) is 9.47. The maximum absolute atomic E-state index is 11.7. The van der Waals surface area contributed by atoms with E-state index >= 15 is 0 Å². The fraction of sp³-hybridized carbons (Fsp3) is 0.235. The smallest absolute Gasteiger partial charge is 0.161 e. The number of ketones is 1. The van der Waals surface area contributed by atoms with E-state index in [-0.39, 0.29) is 5.78 Å². The summed E-state index contributed by atoms with van der Waals surface area (Å²) >= 11 is 3.47. The van der Waals surface area contributed by atoms with Gasteiger partial charge >= 0.3 is 0 Å². The number of anilines is 1. The average molecular weight is 332 g/mol. The summed E-state index contributed by atoms with van der Waals surface area (Å²) in [6.07, 6.45) is 0. The number of carbonyl (C=O) groups is 1. The van der Waals surface area contributed by atoms with Crippen LogP contribution in [0.25, 0.3) is 0 Å². The van der Waals surface area contributed by atoms with Crippen LogP contribution in [0.2, 0.25) is 0 Å². The van der Waals surface area contributed by atoms with Crippen LogP contribution in [0.3, 0.4) is 0 Å². The molecule has 0 N–H and O–H groups in total. The van der Waals surface area contributed by atoms with Crippen molar-refractivity contribution in [1.29, 1.82) is 0 Å². The highest BCUT2D eigenvalue weighted by atomic mass is 79.9. The van der Waals surface area contributed by atoms with Gasteiger partial charge in [0.2, 0.25) is 0 Å². The van der Waals surface area contributed by atoms with Crippen molar-refractivity contribution in [3.8, 4) is 0 Å². The second kappa shape index (κ2) is 6.23. The minimum atomic E-state index is 0.0867. The van der Waals surface area contributed by atoms with Crippen LogP contribution >= 0.6 is 15.9 Å². The van der Waals surface area contributed by atoms with Gasteiger partial charge in [-0.1, -0.05) is 45.8 Å². The summed E-state index contributed by atoms with van der Waals surface area (Å²) in [4.78, 5) is 13.9. The summed E-state index contributed by atoms with van der Waals surface area (Å²) in [5.41, 5.74) is 4.19. The van der Waals surface area contributed by atoms with Crippen LogP contribution in [0.15, 0.2) is 46.9 Å². The number of nitrogens with zero attached hydrogens (tertiary/aromatic N) is 1. The van der Waals surface area contributed by atoms with E-state index < -0.39 is 0 Å². The summed E-state index contributed by atoms with van der Waals surface area (Å²) in [5, 5.41) is 0. The second-order valence-corrected chi connectivity index (χ2v) is 5.98. The number of aryl methyl sites for hydroxylation is 1. The highest BCUT2D eigenvalue weighted by Crippen LogP contribution is 2.26. The van der Waals surface area contributed by atoms with Gasteiger partial charge in [-0.25, -0.2) is 0 Å². The zero-order valence-electron chi connectivity index (χ0n) is 12.0. The van der Waals surface area contributed by atoms with Gasteiger partial charge in [-0.05, 0) is 37.6 Å². The van der Waals surface area contributed by atoms with Gasteiger partial charge < -0.3 is 4.90 Å². The van der Waals surface area contributed by atoms with E-state index in [1.165, 1.54) is 11.1 Å². The normalized spacial score (nSPS) is 10.4. The molecule has 0 aliphatic carbocycles. The van der Waals surface area contributed by atoms with Gasteiger partial charge in [-0.3, -0.25) is 4.79 Å². The molecule has 0 heterocycles. The lowest BCUT2D eigenvalue weighted by Gasteiger charge is -2.22. The van der Waals surface area contributed by atoms with Crippen LogP contribution in [0.1, 0.15) is 28.4 Å². The van der Waals surface area contributed by atoms with Crippen LogP contribution in [0, 0.1) is 6.92 Å². The van der Waals surface area contributed by atoms with Gasteiger partial charge in [0.25, 0.3) is 0 Å². The van der Waals surface area contributed by atoms with Gasteiger partial charge in [0.05, 0.1) is 0 Å². The minimum Gasteiger partial charge on any atom is -0.370 e. The molecular formula is C17H18BrNO. The Morgan fingerprint density at radius 2 is 1.95 bits per heavy atom. The Hall–Kier alpha value is -1.61. The van der Waals surface area contributed by atoms with Crippen LogP contribution in [0.4, 0.5) is 5.69 Å². The Morgan fingerprint density at radius 1 is 1.20 bits per heavy atom. The Bertz CT molecular complexity index is 637. The van der Waals surface area contributed by atoms with Crippen molar-refractivity contribution in [2.24, 2.45) is 0 Å². The first kappa shape index (κ1) is 14.8. The molecule has 0 atom stereocenters. The Balaban J connectivity index is 2.31. The third-order valence-corrected chi connectivity index (χ3v) is 3.75. The molecule has 2 nitrogen and oxygen atoms in total. The summed E-state index contributed by atoms with van der Waals surface area (Å²) < 4.78 is 0.980. The Kier molecular flexibility index (Phi) is 4.61. The third kappa shape index (κ3) is 3.48. The summed E-state index contributed by atoms with van der Waals surface area (Å²) in [6.45, 7) is 4.47. The molecule has 0 aliphatic heterocycles. The standard InChI is InChI=1S/C17H18BrNO/c1-12-5-4-6-14(9-12)11-19(3)17-10-15(18)7-8-16(17)13(2)20/h4-10H,11H2,1-3H3. The predicted molar refractivity (Wildman–Crippen MR) is 87.4 cm³/mol. The number of rotatable bonds is 4. The molecule has 0 amide bonds. The van der Waals surface area contributed by atoms with E-state index in [1.807, 2.05) is 25.2 Å². The van der Waals surface area contributed by atoms with Gasteiger partial charge in [-0.2, -0.15) is 0 Å². The molecule has 0 bridgehead atoms. The minimum absolute atomic E-state index is 0.0867. The number of hydrogen-bond donors (Lipinski definition) is 0. The lowest BCUT2D eigenvalue weighted by Crippen LogP contribution is -2.19. The maximum Gasteiger partial charge on any atom is 0.161 e. The van der Waals surface area contributed by atoms with Crippen molar-refractivity contribution >= 4 is 27.4 Å². The fourth-order valence-corrected chi connectivity index (χ4v) is 2.64. The third-order valence-electron chi connectivity index (χ3n) is 3.25. The molecule has 2 aromatic carbocycles. The zero-order chi connectivity index (χ0) is 14.7. The first-order valence-electron chi connectivity index (χ1n) is 6.54. The summed E-state index contributed by atoms with van der Waals surface area (Å²) in [6, 6.07) is 14.2. The quantitative estimate of drug-likeness (QED) is 0.763. The summed E-state index contributed by atoms with van der Waals surface area (Å²) in [7, 11) is 2.01. The monoisotopic (exact) mass is 331 g/mol. The largest absolute Gasteiger partial charge is 0.370 e. The molecule has 2 aromatic rings. The Labute approximate surface area is 128 Å². The molecule has 0 saturated heterocycles. The van der Waals surface area contributed by atoms with E-state index in [4.69, 9.17) is 0 Å². The Morgan fingerprint density at radius 3 is 2.60 bits per heavy atom. The van der Waals surface area contributed by atoms with Crippen LogP contribution in [0.5, 0.6) is 0 Å². The molecule has 3 heteroatoms. The lowest BCUT2D eigenvalue weighted by molar-refractivity contribution is 0.101. The first-order valence-corrected chi connectivity index (χ1v) is 7.34. The van der Waals surface area contributed by atoms with E-state index in [1.54, 1.807) is 6.92 Å². The SMILES string of the molecule is CC(=O)c1ccc(Br)cc1N(C)Cc1cccc(C)c1.